The number of allylic oxidation sites excluding steroid dienone is 4. The molecular weight excluding hydrogens is 464 g/mol. The molecule has 0 saturated heterocycles. The molecule has 3 aromatic carbocycles. The van der Waals surface area contributed by atoms with Gasteiger partial charge in [0, 0.05) is 21.7 Å². The molecule has 2 aliphatic carbocycles. The maximum absolute atomic E-state index is 6.59. The van der Waals surface area contributed by atoms with Gasteiger partial charge in [-0.25, -0.2) is 9.97 Å². The zero-order valence-electron chi connectivity index (χ0n) is 19.7. The number of benzene rings is 3. The summed E-state index contributed by atoms with van der Waals surface area (Å²) in [4.78, 5) is 10.2. The summed E-state index contributed by atoms with van der Waals surface area (Å²) >= 11 is 6.59. The van der Waals surface area contributed by atoms with E-state index in [-0.39, 0.29) is 0 Å². The first kappa shape index (κ1) is 21.3. The van der Waals surface area contributed by atoms with E-state index in [1.165, 1.54) is 5.57 Å². The molecule has 0 amide bonds. The Kier molecular flexibility index (Phi) is 5.11. The lowest BCUT2D eigenvalue weighted by atomic mass is 9.97. The summed E-state index contributed by atoms with van der Waals surface area (Å²) < 4.78 is 6.36. The van der Waals surface area contributed by atoms with Crippen molar-refractivity contribution >= 4 is 50.0 Å². The van der Waals surface area contributed by atoms with Gasteiger partial charge in [0.1, 0.15) is 11.0 Å². The Hall–Kier alpha value is -3.95. The van der Waals surface area contributed by atoms with Crippen LogP contribution in [-0.4, -0.2) is 9.97 Å². The molecular formula is C32H23ClN2O. The van der Waals surface area contributed by atoms with Crippen molar-refractivity contribution in [1.82, 2.24) is 9.97 Å². The van der Waals surface area contributed by atoms with E-state index in [2.05, 4.69) is 72.8 Å². The van der Waals surface area contributed by atoms with Gasteiger partial charge in [-0.15, -0.1) is 0 Å². The van der Waals surface area contributed by atoms with Gasteiger partial charge in [0.25, 0.3) is 0 Å². The maximum atomic E-state index is 6.59. The highest BCUT2D eigenvalue weighted by molar-refractivity contribution is 6.45. The molecule has 3 nitrogen and oxygen atoms in total. The van der Waals surface area contributed by atoms with Gasteiger partial charge in [-0.3, -0.25) is 0 Å². The monoisotopic (exact) mass is 486 g/mol. The lowest BCUT2D eigenvalue weighted by Crippen LogP contribution is -2.24. The SMILES string of the molecule is ClC1=c2oc3cc(-c4nc(C5=CC=CCC5)cc(-c5ccccc5)n4)c4ccccc4c3c2=CCC1. The summed E-state index contributed by atoms with van der Waals surface area (Å²) in [5.74, 6) is 0.702. The Balaban J connectivity index is 1.55. The van der Waals surface area contributed by atoms with Gasteiger partial charge in [0.2, 0.25) is 0 Å². The molecule has 2 aliphatic rings. The quantitative estimate of drug-likeness (QED) is 0.267. The molecule has 5 aromatic rings. The van der Waals surface area contributed by atoms with Crippen LogP contribution in [0.1, 0.15) is 31.4 Å². The van der Waals surface area contributed by atoms with Crippen molar-refractivity contribution in [1.29, 1.82) is 0 Å². The fourth-order valence-corrected chi connectivity index (χ4v) is 5.58. The summed E-state index contributed by atoms with van der Waals surface area (Å²) in [6.07, 6.45) is 12.5. The molecule has 0 fully saturated rings. The first-order valence-corrected chi connectivity index (χ1v) is 12.8. The van der Waals surface area contributed by atoms with Crippen LogP contribution in [0.4, 0.5) is 0 Å². The van der Waals surface area contributed by atoms with Crippen molar-refractivity contribution in [3.63, 3.8) is 0 Å². The highest BCUT2D eigenvalue weighted by Crippen LogP contribution is 2.35. The van der Waals surface area contributed by atoms with Gasteiger partial charge in [-0.05, 0) is 54.2 Å². The van der Waals surface area contributed by atoms with E-state index in [4.69, 9.17) is 26.0 Å². The van der Waals surface area contributed by atoms with Gasteiger partial charge in [-0.1, -0.05) is 90.5 Å². The number of aromatic nitrogens is 2. The van der Waals surface area contributed by atoms with Crippen molar-refractivity contribution in [3.05, 3.63) is 101 Å². The molecule has 0 unspecified atom stereocenters. The third kappa shape index (κ3) is 3.51. The maximum Gasteiger partial charge on any atom is 0.161 e. The van der Waals surface area contributed by atoms with Gasteiger partial charge in [0.15, 0.2) is 5.82 Å². The molecule has 0 spiro atoms. The van der Waals surface area contributed by atoms with E-state index in [0.29, 0.717) is 5.82 Å². The Morgan fingerprint density at radius 1 is 0.806 bits per heavy atom. The van der Waals surface area contributed by atoms with Crippen LogP contribution in [0.3, 0.4) is 0 Å². The lowest BCUT2D eigenvalue weighted by Gasteiger charge is -2.14. The van der Waals surface area contributed by atoms with E-state index in [0.717, 1.165) is 85.6 Å². The first-order valence-electron chi connectivity index (χ1n) is 12.4. The zero-order chi connectivity index (χ0) is 24.1. The van der Waals surface area contributed by atoms with E-state index in [1.807, 2.05) is 18.2 Å². The van der Waals surface area contributed by atoms with Crippen LogP contribution in [0, 0.1) is 0 Å². The average molecular weight is 487 g/mol. The smallest absolute Gasteiger partial charge is 0.161 e. The summed E-state index contributed by atoms with van der Waals surface area (Å²) in [5, 5.41) is 5.24. The van der Waals surface area contributed by atoms with Crippen molar-refractivity contribution in [2.24, 2.45) is 0 Å². The normalized spacial score (nSPS) is 15.1. The molecule has 0 N–H and O–H groups in total. The minimum absolute atomic E-state index is 0.702. The Bertz CT molecular complexity index is 1840. The van der Waals surface area contributed by atoms with Gasteiger partial charge < -0.3 is 4.42 Å². The fraction of sp³-hybridized carbons (Fsp3) is 0.125. The summed E-state index contributed by atoms with van der Waals surface area (Å²) in [6, 6.07) is 23.0. The lowest BCUT2D eigenvalue weighted by molar-refractivity contribution is 0.570. The summed E-state index contributed by atoms with van der Waals surface area (Å²) in [6.45, 7) is 0. The Morgan fingerprint density at radius 3 is 2.44 bits per heavy atom. The summed E-state index contributed by atoms with van der Waals surface area (Å²) in [7, 11) is 0. The van der Waals surface area contributed by atoms with Crippen molar-refractivity contribution in [3.8, 4) is 22.6 Å². The standard InChI is InChI=1S/C32H23ClN2O/c33-26-17-9-16-24-30-23-15-8-7-14-22(23)25(18-29(30)36-31(24)26)32-34-27(20-10-3-1-4-11-20)19-28(35-32)21-12-5-2-6-13-21/h1-5,7-8,10-12,14-16,18-19H,6,9,13,17H2. The largest absolute Gasteiger partial charge is 0.455 e. The topological polar surface area (TPSA) is 38.9 Å². The van der Waals surface area contributed by atoms with Crippen LogP contribution in [-0.2, 0) is 0 Å². The number of furan rings is 1. The highest BCUT2D eigenvalue weighted by atomic mass is 35.5. The third-order valence-corrected chi connectivity index (χ3v) is 7.43. The molecule has 2 aromatic heterocycles. The van der Waals surface area contributed by atoms with E-state index in [9.17, 15) is 0 Å². The predicted octanol–water partition coefficient (Wildman–Crippen LogP) is 7.36. The Labute approximate surface area is 213 Å². The molecule has 0 saturated carbocycles. The van der Waals surface area contributed by atoms with E-state index in [1.54, 1.807) is 0 Å². The number of nitrogens with zero attached hydrogens (tertiary/aromatic N) is 2. The van der Waals surface area contributed by atoms with Crippen LogP contribution in [0.15, 0.2) is 89.4 Å². The minimum atomic E-state index is 0.702. The van der Waals surface area contributed by atoms with Crippen LogP contribution >= 0.6 is 11.6 Å². The molecule has 0 bridgehead atoms. The molecule has 0 radical (unpaired) electrons. The van der Waals surface area contributed by atoms with Crippen LogP contribution in [0.25, 0.3) is 61.1 Å². The molecule has 36 heavy (non-hydrogen) atoms. The molecule has 0 atom stereocenters. The van der Waals surface area contributed by atoms with Crippen molar-refractivity contribution in [2.45, 2.75) is 25.7 Å². The van der Waals surface area contributed by atoms with Crippen LogP contribution in [0.2, 0.25) is 0 Å². The molecule has 0 aliphatic heterocycles. The number of hydrogen-bond donors (Lipinski definition) is 0. The second kappa shape index (κ2) is 8.61. The van der Waals surface area contributed by atoms with E-state index >= 15 is 0 Å². The fourth-order valence-electron chi connectivity index (χ4n) is 5.33. The van der Waals surface area contributed by atoms with Gasteiger partial charge >= 0.3 is 0 Å². The first-order chi connectivity index (χ1) is 17.8. The second-order valence-corrected chi connectivity index (χ2v) is 9.78. The van der Waals surface area contributed by atoms with Gasteiger partial charge in [-0.2, -0.15) is 0 Å². The molecule has 174 valence electrons. The molecule has 4 heteroatoms. The highest BCUT2D eigenvalue weighted by Gasteiger charge is 2.19. The minimum Gasteiger partial charge on any atom is -0.455 e. The van der Waals surface area contributed by atoms with Crippen LogP contribution < -0.4 is 10.6 Å². The number of hydrogen-bond acceptors (Lipinski definition) is 3. The zero-order valence-corrected chi connectivity index (χ0v) is 20.4. The molecule has 7 rings (SSSR count). The van der Waals surface area contributed by atoms with Crippen molar-refractivity contribution < 1.29 is 4.42 Å². The number of rotatable bonds is 3. The Morgan fingerprint density at radius 2 is 1.61 bits per heavy atom. The van der Waals surface area contributed by atoms with Crippen LogP contribution in [0.5, 0.6) is 0 Å². The predicted molar refractivity (Wildman–Crippen MR) is 149 cm³/mol. The number of halogens is 1. The third-order valence-electron chi connectivity index (χ3n) is 7.07. The summed E-state index contributed by atoms with van der Waals surface area (Å²) in [5.41, 5.74) is 6.76. The average Bonchev–Trinajstić information content (AvgIpc) is 3.33. The molecule has 2 heterocycles. The second-order valence-electron chi connectivity index (χ2n) is 9.32. The van der Waals surface area contributed by atoms with Gasteiger partial charge in [0.05, 0.1) is 16.4 Å². The van der Waals surface area contributed by atoms with E-state index < -0.39 is 0 Å². The number of fused-ring (bicyclic) bond motifs is 5. The van der Waals surface area contributed by atoms with Crippen molar-refractivity contribution in [2.75, 3.05) is 0 Å².